The fraction of sp³-hybridized carbons (Fsp3) is 0.214. The molecule has 0 aliphatic heterocycles. The molecule has 0 atom stereocenters. The SMILES string of the molecule is COc1cccc(-c2cc(NCC(=O)O)nc(C)n2)c1. The van der Waals surface area contributed by atoms with Crippen molar-refractivity contribution in [3.8, 4) is 17.0 Å². The summed E-state index contributed by atoms with van der Waals surface area (Å²) >= 11 is 0. The highest BCUT2D eigenvalue weighted by Crippen LogP contribution is 2.23. The zero-order chi connectivity index (χ0) is 14.5. The van der Waals surface area contributed by atoms with E-state index in [4.69, 9.17) is 9.84 Å². The fourth-order valence-electron chi connectivity index (χ4n) is 1.75. The number of ether oxygens (including phenoxy) is 1. The van der Waals surface area contributed by atoms with Crippen LogP contribution in [0.3, 0.4) is 0 Å². The van der Waals surface area contributed by atoms with E-state index in [2.05, 4.69) is 15.3 Å². The molecule has 0 saturated carbocycles. The Labute approximate surface area is 116 Å². The van der Waals surface area contributed by atoms with Crippen LogP contribution in [0.1, 0.15) is 5.82 Å². The molecule has 104 valence electrons. The molecule has 6 heteroatoms. The molecule has 2 N–H and O–H groups in total. The molecule has 6 nitrogen and oxygen atoms in total. The second kappa shape index (κ2) is 6.01. The minimum Gasteiger partial charge on any atom is -0.497 e. The lowest BCUT2D eigenvalue weighted by atomic mass is 10.1. The highest BCUT2D eigenvalue weighted by Gasteiger charge is 2.06. The minimum atomic E-state index is -0.941. The van der Waals surface area contributed by atoms with Crippen LogP contribution in [0.15, 0.2) is 30.3 Å². The largest absolute Gasteiger partial charge is 0.497 e. The summed E-state index contributed by atoms with van der Waals surface area (Å²) in [6, 6.07) is 9.20. The summed E-state index contributed by atoms with van der Waals surface area (Å²) in [6.45, 7) is 1.57. The molecular weight excluding hydrogens is 258 g/mol. The van der Waals surface area contributed by atoms with E-state index in [9.17, 15) is 4.79 Å². The number of carboxylic acid groups (broad SMARTS) is 1. The zero-order valence-electron chi connectivity index (χ0n) is 11.3. The molecule has 1 heterocycles. The lowest BCUT2D eigenvalue weighted by Gasteiger charge is -2.08. The highest BCUT2D eigenvalue weighted by atomic mass is 16.5. The molecule has 0 fully saturated rings. The summed E-state index contributed by atoms with van der Waals surface area (Å²) in [5.41, 5.74) is 1.59. The summed E-state index contributed by atoms with van der Waals surface area (Å²) in [7, 11) is 1.60. The Morgan fingerprint density at radius 1 is 1.35 bits per heavy atom. The van der Waals surface area contributed by atoms with Gasteiger partial charge < -0.3 is 15.2 Å². The third-order valence-electron chi connectivity index (χ3n) is 2.62. The Morgan fingerprint density at radius 3 is 2.85 bits per heavy atom. The van der Waals surface area contributed by atoms with Crippen LogP contribution in [-0.4, -0.2) is 34.7 Å². The van der Waals surface area contributed by atoms with Crippen molar-refractivity contribution < 1.29 is 14.6 Å². The van der Waals surface area contributed by atoms with Gasteiger partial charge in [0.05, 0.1) is 12.8 Å². The molecular formula is C14H15N3O3. The first-order valence-electron chi connectivity index (χ1n) is 6.04. The van der Waals surface area contributed by atoms with Gasteiger partial charge in [0.25, 0.3) is 0 Å². The smallest absolute Gasteiger partial charge is 0.322 e. The van der Waals surface area contributed by atoms with Crippen LogP contribution in [-0.2, 0) is 4.79 Å². The van der Waals surface area contributed by atoms with E-state index >= 15 is 0 Å². The van der Waals surface area contributed by atoms with Gasteiger partial charge in [0.1, 0.15) is 23.9 Å². The van der Waals surface area contributed by atoms with Gasteiger partial charge in [-0.3, -0.25) is 4.79 Å². The number of nitrogens with one attached hydrogen (secondary N) is 1. The van der Waals surface area contributed by atoms with E-state index < -0.39 is 5.97 Å². The van der Waals surface area contributed by atoms with Crippen LogP contribution in [0.5, 0.6) is 5.75 Å². The summed E-state index contributed by atoms with van der Waals surface area (Å²) in [5, 5.41) is 11.4. The number of aryl methyl sites for hydroxylation is 1. The van der Waals surface area contributed by atoms with Crippen molar-refractivity contribution in [1.82, 2.24) is 9.97 Å². The predicted octanol–water partition coefficient (Wildman–Crippen LogP) is 1.96. The maximum atomic E-state index is 10.6. The van der Waals surface area contributed by atoms with Gasteiger partial charge in [0.15, 0.2) is 0 Å². The normalized spacial score (nSPS) is 10.1. The number of aliphatic carboxylic acids is 1. The second-order valence-corrected chi connectivity index (χ2v) is 4.16. The van der Waals surface area contributed by atoms with Gasteiger partial charge in [-0.15, -0.1) is 0 Å². The number of hydrogen-bond donors (Lipinski definition) is 2. The third kappa shape index (κ3) is 3.44. The average Bonchev–Trinajstić information content (AvgIpc) is 2.44. The van der Waals surface area contributed by atoms with Crippen LogP contribution in [0, 0.1) is 6.92 Å². The average molecular weight is 273 g/mol. The molecule has 0 spiro atoms. The first-order chi connectivity index (χ1) is 9.58. The maximum Gasteiger partial charge on any atom is 0.322 e. The van der Waals surface area contributed by atoms with Crippen molar-refractivity contribution in [2.24, 2.45) is 0 Å². The van der Waals surface area contributed by atoms with Gasteiger partial charge in [-0.1, -0.05) is 12.1 Å². The van der Waals surface area contributed by atoms with Gasteiger partial charge in [0.2, 0.25) is 0 Å². The van der Waals surface area contributed by atoms with E-state index in [1.807, 2.05) is 24.3 Å². The lowest BCUT2D eigenvalue weighted by molar-refractivity contribution is -0.134. The summed E-state index contributed by atoms with van der Waals surface area (Å²) < 4.78 is 5.18. The van der Waals surface area contributed by atoms with E-state index in [-0.39, 0.29) is 6.54 Å². The van der Waals surface area contributed by atoms with Crippen LogP contribution in [0.4, 0.5) is 5.82 Å². The third-order valence-corrected chi connectivity index (χ3v) is 2.62. The number of nitrogens with zero attached hydrogens (tertiary/aromatic N) is 2. The number of benzene rings is 1. The fourth-order valence-corrected chi connectivity index (χ4v) is 1.75. The summed E-state index contributed by atoms with van der Waals surface area (Å²) in [6.07, 6.45) is 0. The molecule has 0 unspecified atom stereocenters. The molecule has 0 aliphatic rings. The number of rotatable bonds is 5. The van der Waals surface area contributed by atoms with Gasteiger partial charge in [0, 0.05) is 11.6 Å². The Kier molecular flexibility index (Phi) is 4.14. The lowest BCUT2D eigenvalue weighted by Crippen LogP contribution is -2.13. The second-order valence-electron chi connectivity index (χ2n) is 4.16. The van der Waals surface area contributed by atoms with Gasteiger partial charge in [-0.05, 0) is 19.1 Å². The van der Waals surface area contributed by atoms with E-state index in [1.54, 1.807) is 20.1 Å². The quantitative estimate of drug-likeness (QED) is 0.866. The highest BCUT2D eigenvalue weighted by molar-refractivity contribution is 5.73. The van der Waals surface area contributed by atoms with E-state index in [0.717, 1.165) is 11.3 Å². The molecule has 1 aromatic carbocycles. The number of methoxy groups -OCH3 is 1. The Hall–Kier alpha value is -2.63. The number of hydrogen-bond acceptors (Lipinski definition) is 5. The van der Waals surface area contributed by atoms with E-state index in [0.29, 0.717) is 17.3 Å². The number of anilines is 1. The van der Waals surface area contributed by atoms with Crippen molar-refractivity contribution >= 4 is 11.8 Å². The predicted molar refractivity (Wildman–Crippen MR) is 74.9 cm³/mol. The standard InChI is InChI=1S/C14H15N3O3/c1-9-16-12(7-13(17-9)15-8-14(18)19)10-4-3-5-11(6-10)20-2/h3-7H,8H2,1-2H3,(H,18,19)(H,15,16,17). The molecule has 1 aromatic heterocycles. The number of carboxylic acids is 1. The molecule has 0 amide bonds. The molecule has 20 heavy (non-hydrogen) atoms. The number of carbonyl (C=O) groups is 1. The summed E-state index contributed by atoms with van der Waals surface area (Å²) in [5.74, 6) is 0.846. The Morgan fingerprint density at radius 2 is 2.15 bits per heavy atom. The minimum absolute atomic E-state index is 0.187. The van der Waals surface area contributed by atoms with Gasteiger partial charge in [-0.25, -0.2) is 9.97 Å². The first kappa shape index (κ1) is 13.8. The number of aromatic nitrogens is 2. The van der Waals surface area contributed by atoms with Crippen molar-refractivity contribution in [1.29, 1.82) is 0 Å². The van der Waals surface area contributed by atoms with Gasteiger partial charge >= 0.3 is 5.97 Å². The maximum absolute atomic E-state index is 10.6. The topological polar surface area (TPSA) is 84.3 Å². The molecule has 2 rings (SSSR count). The zero-order valence-corrected chi connectivity index (χ0v) is 11.3. The summed E-state index contributed by atoms with van der Waals surface area (Å²) in [4.78, 5) is 19.1. The first-order valence-corrected chi connectivity index (χ1v) is 6.04. The van der Waals surface area contributed by atoms with Crippen LogP contribution < -0.4 is 10.1 Å². The van der Waals surface area contributed by atoms with Gasteiger partial charge in [-0.2, -0.15) is 0 Å². The van der Waals surface area contributed by atoms with E-state index in [1.165, 1.54) is 0 Å². The molecule has 2 aromatic rings. The van der Waals surface area contributed by atoms with Crippen molar-refractivity contribution in [3.05, 3.63) is 36.2 Å². The van der Waals surface area contributed by atoms with Crippen molar-refractivity contribution in [2.75, 3.05) is 19.0 Å². The Balaban J connectivity index is 2.33. The van der Waals surface area contributed by atoms with Crippen molar-refractivity contribution in [2.45, 2.75) is 6.92 Å². The molecule has 0 saturated heterocycles. The molecule has 0 radical (unpaired) electrons. The Bertz CT molecular complexity index is 629. The molecule has 0 bridgehead atoms. The van der Waals surface area contributed by atoms with Crippen molar-refractivity contribution in [3.63, 3.8) is 0 Å². The molecule has 0 aliphatic carbocycles. The van der Waals surface area contributed by atoms with Crippen LogP contribution >= 0.6 is 0 Å². The van der Waals surface area contributed by atoms with Crippen LogP contribution in [0.25, 0.3) is 11.3 Å². The monoisotopic (exact) mass is 273 g/mol. The van der Waals surface area contributed by atoms with Crippen LogP contribution in [0.2, 0.25) is 0 Å².